The molecule has 2 N–H and O–H groups in total. The van der Waals surface area contributed by atoms with Gasteiger partial charge in [0.1, 0.15) is 5.75 Å². The minimum absolute atomic E-state index is 0.0143. The first kappa shape index (κ1) is 14.3. The fourth-order valence-electron chi connectivity index (χ4n) is 2.45. The van der Waals surface area contributed by atoms with Crippen molar-refractivity contribution in [3.8, 4) is 5.75 Å². The van der Waals surface area contributed by atoms with Crippen molar-refractivity contribution in [1.29, 1.82) is 0 Å². The van der Waals surface area contributed by atoms with Gasteiger partial charge >= 0.3 is 0 Å². The van der Waals surface area contributed by atoms with Crippen LogP contribution < -0.4 is 10.5 Å². The molecule has 4 nitrogen and oxygen atoms in total. The molecule has 1 atom stereocenters. The zero-order valence-electron chi connectivity index (χ0n) is 11.9. The van der Waals surface area contributed by atoms with Crippen LogP contribution in [0.2, 0.25) is 0 Å². The van der Waals surface area contributed by atoms with Crippen LogP contribution in [0.1, 0.15) is 24.1 Å². The SMILES string of the molecule is CCc1ccc(OC)c(C(N)CN2CCOCC2)c1. The molecule has 1 unspecified atom stereocenters. The molecule has 0 spiro atoms. The topological polar surface area (TPSA) is 47.7 Å². The summed E-state index contributed by atoms with van der Waals surface area (Å²) in [6, 6.07) is 6.28. The van der Waals surface area contributed by atoms with Crippen LogP contribution in [-0.2, 0) is 11.2 Å². The van der Waals surface area contributed by atoms with E-state index in [1.165, 1.54) is 5.56 Å². The molecule has 0 bridgehead atoms. The van der Waals surface area contributed by atoms with E-state index in [2.05, 4.69) is 24.0 Å². The van der Waals surface area contributed by atoms with Gasteiger partial charge in [-0.05, 0) is 18.1 Å². The maximum absolute atomic E-state index is 6.36. The fraction of sp³-hybridized carbons (Fsp3) is 0.600. The van der Waals surface area contributed by atoms with Gasteiger partial charge in [0.2, 0.25) is 0 Å². The molecule has 0 aliphatic carbocycles. The summed E-state index contributed by atoms with van der Waals surface area (Å²) in [5, 5.41) is 0. The Balaban J connectivity index is 2.09. The van der Waals surface area contributed by atoms with E-state index in [1.54, 1.807) is 7.11 Å². The highest BCUT2D eigenvalue weighted by molar-refractivity contribution is 5.39. The van der Waals surface area contributed by atoms with Crippen LogP contribution in [0.25, 0.3) is 0 Å². The molecule has 0 saturated carbocycles. The molecule has 0 amide bonds. The van der Waals surface area contributed by atoms with Crippen LogP contribution in [0.5, 0.6) is 5.75 Å². The van der Waals surface area contributed by atoms with Gasteiger partial charge in [0.15, 0.2) is 0 Å². The lowest BCUT2D eigenvalue weighted by molar-refractivity contribution is 0.0351. The zero-order chi connectivity index (χ0) is 13.7. The highest BCUT2D eigenvalue weighted by Crippen LogP contribution is 2.26. The molecule has 1 fully saturated rings. The summed E-state index contributed by atoms with van der Waals surface area (Å²) in [5.74, 6) is 0.887. The molecule has 1 saturated heterocycles. The number of hydrogen-bond donors (Lipinski definition) is 1. The van der Waals surface area contributed by atoms with E-state index in [0.717, 1.165) is 50.6 Å². The van der Waals surface area contributed by atoms with E-state index in [4.69, 9.17) is 15.2 Å². The first-order chi connectivity index (χ1) is 9.24. The summed E-state index contributed by atoms with van der Waals surface area (Å²) in [7, 11) is 1.70. The van der Waals surface area contributed by atoms with Crippen molar-refractivity contribution < 1.29 is 9.47 Å². The average Bonchev–Trinajstić information content (AvgIpc) is 2.47. The van der Waals surface area contributed by atoms with Crippen LogP contribution in [-0.4, -0.2) is 44.9 Å². The second kappa shape index (κ2) is 6.89. The summed E-state index contributed by atoms with van der Waals surface area (Å²) >= 11 is 0. The number of benzene rings is 1. The van der Waals surface area contributed by atoms with Crippen LogP contribution in [0.3, 0.4) is 0 Å². The Morgan fingerprint density at radius 3 is 2.74 bits per heavy atom. The Labute approximate surface area is 115 Å². The quantitative estimate of drug-likeness (QED) is 0.877. The van der Waals surface area contributed by atoms with Gasteiger partial charge in [-0.15, -0.1) is 0 Å². The summed E-state index contributed by atoms with van der Waals surface area (Å²) < 4.78 is 10.8. The molecule has 2 rings (SSSR count). The maximum atomic E-state index is 6.36. The maximum Gasteiger partial charge on any atom is 0.123 e. The minimum Gasteiger partial charge on any atom is -0.496 e. The van der Waals surface area contributed by atoms with E-state index in [-0.39, 0.29) is 6.04 Å². The standard InChI is InChI=1S/C15H24N2O2/c1-3-12-4-5-15(18-2)13(10-12)14(16)11-17-6-8-19-9-7-17/h4-5,10,14H,3,6-9,11,16H2,1-2H3. The third kappa shape index (κ3) is 3.69. The number of hydrogen-bond acceptors (Lipinski definition) is 4. The highest BCUT2D eigenvalue weighted by atomic mass is 16.5. The number of methoxy groups -OCH3 is 1. The molecule has 106 valence electrons. The Hall–Kier alpha value is -1.10. The van der Waals surface area contributed by atoms with Gasteiger partial charge in [-0.2, -0.15) is 0 Å². The predicted octanol–water partition coefficient (Wildman–Crippen LogP) is 1.59. The Morgan fingerprint density at radius 1 is 1.37 bits per heavy atom. The third-order valence-electron chi connectivity index (χ3n) is 3.66. The first-order valence-corrected chi connectivity index (χ1v) is 6.97. The molecule has 4 heteroatoms. The second-order valence-electron chi connectivity index (χ2n) is 4.95. The smallest absolute Gasteiger partial charge is 0.123 e. The largest absolute Gasteiger partial charge is 0.496 e. The lowest BCUT2D eigenvalue weighted by Gasteiger charge is -2.29. The first-order valence-electron chi connectivity index (χ1n) is 6.97. The monoisotopic (exact) mass is 264 g/mol. The number of nitrogens with two attached hydrogens (primary N) is 1. The Kier molecular flexibility index (Phi) is 5.19. The van der Waals surface area contributed by atoms with E-state index in [1.807, 2.05) is 6.07 Å². The lowest BCUT2D eigenvalue weighted by Crippen LogP contribution is -2.40. The van der Waals surface area contributed by atoms with Crippen molar-refractivity contribution in [2.24, 2.45) is 5.73 Å². The Bertz CT molecular complexity index is 403. The number of aryl methyl sites for hydroxylation is 1. The molecule has 1 aromatic rings. The predicted molar refractivity (Wildman–Crippen MR) is 76.6 cm³/mol. The molecule has 0 radical (unpaired) electrons. The van der Waals surface area contributed by atoms with E-state index >= 15 is 0 Å². The summed E-state index contributed by atoms with van der Waals surface area (Å²) in [4.78, 5) is 2.35. The van der Waals surface area contributed by atoms with Crippen molar-refractivity contribution in [1.82, 2.24) is 4.90 Å². The fourth-order valence-corrected chi connectivity index (χ4v) is 2.45. The molecule has 0 aromatic heterocycles. The highest BCUT2D eigenvalue weighted by Gasteiger charge is 2.18. The van der Waals surface area contributed by atoms with Crippen molar-refractivity contribution in [3.63, 3.8) is 0 Å². The van der Waals surface area contributed by atoms with Gasteiger partial charge in [-0.25, -0.2) is 0 Å². The Morgan fingerprint density at radius 2 is 2.11 bits per heavy atom. The molecule has 1 heterocycles. The summed E-state index contributed by atoms with van der Waals surface area (Å²) in [6.45, 7) is 6.54. The van der Waals surface area contributed by atoms with Crippen molar-refractivity contribution >= 4 is 0 Å². The molecular formula is C15H24N2O2. The van der Waals surface area contributed by atoms with E-state index < -0.39 is 0 Å². The average molecular weight is 264 g/mol. The number of nitrogens with zero attached hydrogens (tertiary/aromatic N) is 1. The van der Waals surface area contributed by atoms with Crippen molar-refractivity contribution in [2.45, 2.75) is 19.4 Å². The minimum atomic E-state index is -0.0143. The van der Waals surface area contributed by atoms with Gasteiger partial charge in [0, 0.05) is 31.2 Å². The van der Waals surface area contributed by atoms with Crippen molar-refractivity contribution in [2.75, 3.05) is 40.0 Å². The van der Waals surface area contributed by atoms with Crippen molar-refractivity contribution in [3.05, 3.63) is 29.3 Å². The second-order valence-corrected chi connectivity index (χ2v) is 4.95. The summed E-state index contributed by atoms with van der Waals surface area (Å²) in [6.07, 6.45) is 1.02. The molecular weight excluding hydrogens is 240 g/mol. The lowest BCUT2D eigenvalue weighted by atomic mass is 10.0. The van der Waals surface area contributed by atoms with Gasteiger partial charge in [0.05, 0.1) is 20.3 Å². The van der Waals surface area contributed by atoms with Gasteiger partial charge in [-0.1, -0.05) is 19.1 Å². The van der Waals surface area contributed by atoms with Crippen LogP contribution in [0.4, 0.5) is 0 Å². The molecule has 19 heavy (non-hydrogen) atoms. The van der Waals surface area contributed by atoms with Crippen LogP contribution in [0, 0.1) is 0 Å². The van der Waals surface area contributed by atoms with E-state index in [0.29, 0.717) is 0 Å². The van der Waals surface area contributed by atoms with Crippen LogP contribution in [0.15, 0.2) is 18.2 Å². The van der Waals surface area contributed by atoms with Crippen LogP contribution >= 0.6 is 0 Å². The van der Waals surface area contributed by atoms with Gasteiger partial charge < -0.3 is 15.2 Å². The van der Waals surface area contributed by atoms with E-state index in [9.17, 15) is 0 Å². The third-order valence-corrected chi connectivity index (χ3v) is 3.66. The normalized spacial score (nSPS) is 18.3. The molecule has 1 aliphatic rings. The number of rotatable bonds is 5. The molecule has 1 aliphatic heterocycles. The number of ether oxygens (including phenoxy) is 2. The van der Waals surface area contributed by atoms with Gasteiger partial charge in [-0.3, -0.25) is 4.90 Å². The summed E-state index contributed by atoms with van der Waals surface area (Å²) in [5.41, 5.74) is 8.77. The number of morpholine rings is 1. The zero-order valence-corrected chi connectivity index (χ0v) is 11.9. The van der Waals surface area contributed by atoms with Gasteiger partial charge in [0.25, 0.3) is 0 Å². The molecule has 1 aromatic carbocycles.